The Morgan fingerprint density at radius 3 is 2.50 bits per heavy atom. The molecule has 6 heteroatoms. The van der Waals surface area contributed by atoms with Crippen molar-refractivity contribution in [3.63, 3.8) is 0 Å². The summed E-state index contributed by atoms with van der Waals surface area (Å²) in [5.74, 6) is -0.349. The van der Waals surface area contributed by atoms with Gasteiger partial charge in [0.1, 0.15) is 0 Å². The number of esters is 1. The molecule has 0 saturated carbocycles. The van der Waals surface area contributed by atoms with Gasteiger partial charge in [0.25, 0.3) is 0 Å². The number of hydrogen-bond donors (Lipinski definition) is 0. The summed E-state index contributed by atoms with van der Waals surface area (Å²) in [5.41, 5.74) is 4.08. The van der Waals surface area contributed by atoms with Gasteiger partial charge in [0.15, 0.2) is 0 Å². The van der Waals surface area contributed by atoms with E-state index in [9.17, 15) is 4.79 Å². The Morgan fingerprint density at radius 1 is 1.10 bits per heavy atom. The Hall–Kier alpha value is -2.27. The van der Waals surface area contributed by atoms with E-state index in [1.165, 1.54) is 0 Å². The van der Waals surface area contributed by atoms with Crippen LogP contribution in [0.15, 0.2) is 54.6 Å². The molecule has 0 aliphatic carbocycles. The first-order valence-electron chi connectivity index (χ1n) is 9.90. The van der Waals surface area contributed by atoms with Gasteiger partial charge in [-0.15, -0.1) is 0 Å². The van der Waals surface area contributed by atoms with Crippen molar-refractivity contribution in [2.24, 2.45) is 0 Å². The third-order valence-electron chi connectivity index (χ3n) is 4.84. The first-order chi connectivity index (χ1) is 14.4. The maximum absolute atomic E-state index is 12.5. The number of aromatic nitrogens is 1. The van der Waals surface area contributed by atoms with Crippen LogP contribution < -0.4 is 0 Å². The molecule has 0 unspecified atom stereocenters. The molecule has 2 aromatic carbocycles. The molecule has 158 valence electrons. The number of carbonyl (C=O) groups excluding carboxylic acids is 1. The second-order valence-corrected chi connectivity index (χ2v) is 7.94. The normalized spacial score (nSPS) is 12.0. The molecular formula is C24H25Cl2NO3. The fourth-order valence-corrected chi connectivity index (χ4v) is 3.89. The standard InChI is InChI=1S/C24H25Cl2NO3/c1-4-29-24(28)21-14-20(12-16(2)30-15-18-8-6-5-7-9-18)27(17(21)3)23-11-10-19(25)13-22(23)26/h5-11,13-14,16H,4,12,15H2,1-3H3/t16-/m0/s1. The van der Waals surface area contributed by atoms with Crippen LogP contribution in [0.3, 0.4) is 0 Å². The van der Waals surface area contributed by atoms with Crippen molar-refractivity contribution in [1.29, 1.82) is 0 Å². The van der Waals surface area contributed by atoms with Crippen molar-refractivity contribution in [2.75, 3.05) is 6.61 Å². The minimum absolute atomic E-state index is 0.0700. The molecule has 1 heterocycles. The number of halogens is 2. The molecule has 0 fully saturated rings. The first-order valence-corrected chi connectivity index (χ1v) is 10.7. The van der Waals surface area contributed by atoms with Crippen LogP contribution in [-0.2, 0) is 22.5 Å². The number of nitrogens with zero attached hydrogens (tertiary/aromatic N) is 1. The average Bonchev–Trinajstić information content (AvgIpc) is 3.03. The summed E-state index contributed by atoms with van der Waals surface area (Å²) in [4.78, 5) is 12.5. The molecule has 0 saturated heterocycles. The molecule has 1 atom stereocenters. The fourth-order valence-electron chi connectivity index (χ4n) is 3.40. The number of rotatable bonds is 8. The molecule has 3 rings (SSSR count). The van der Waals surface area contributed by atoms with Crippen LogP contribution in [0.2, 0.25) is 10.0 Å². The van der Waals surface area contributed by atoms with E-state index in [0.717, 1.165) is 22.6 Å². The second kappa shape index (κ2) is 10.2. The molecule has 0 N–H and O–H groups in total. The summed E-state index contributed by atoms with van der Waals surface area (Å²) >= 11 is 12.6. The fraction of sp³-hybridized carbons (Fsp3) is 0.292. The minimum Gasteiger partial charge on any atom is -0.462 e. The van der Waals surface area contributed by atoms with Crippen molar-refractivity contribution in [2.45, 2.75) is 39.9 Å². The van der Waals surface area contributed by atoms with Gasteiger partial charge < -0.3 is 14.0 Å². The van der Waals surface area contributed by atoms with E-state index >= 15 is 0 Å². The highest BCUT2D eigenvalue weighted by atomic mass is 35.5. The Kier molecular flexibility index (Phi) is 7.59. The first kappa shape index (κ1) is 22.4. The molecule has 3 aromatic rings. The lowest BCUT2D eigenvalue weighted by molar-refractivity contribution is 0.0517. The van der Waals surface area contributed by atoms with Gasteiger partial charge in [-0.1, -0.05) is 53.5 Å². The largest absolute Gasteiger partial charge is 0.462 e. The van der Waals surface area contributed by atoms with Crippen molar-refractivity contribution in [3.05, 3.63) is 87.2 Å². The van der Waals surface area contributed by atoms with Crippen LogP contribution in [-0.4, -0.2) is 23.2 Å². The molecule has 0 spiro atoms. The average molecular weight is 446 g/mol. The summed E-state index contributed by atoms with van der Waals surface area (Å²) in [6.07, 6.45) is 0.533. The summed E-state index contributed by atoms with van der Waals surface area (Å²) in [5, 5.41) is 1.07. The predicted octanol–water partition coefficient (Wildman–Crippen LogP) is 6.42. The minimum atomic E-state index is -0.349. The van der Waals surface area contributed by atoms with E-state index in [-0.39, 0.29) is 12.1 Å². The predicted molar refractivity (Wildman–Crippen MR) is 121 cm³/mol. The molecule has 30 heavy (non-hydrogen) atoms. The van der Waals surface area contributed by atoms with Gasteiger partial charge in [-0.3, -0.25) is 0 Å². The van der Waals surface area contributed by atoms with Crippen molar-refractivity contribution in [1.82, 2.24) is 4.57 Å². The molecule has 0 aliphatic rings. The lowest BCUT2D eigenvalue weighted by Crippen LogP contribution is -2.15. The SMILES string of the molecule is CCOC(=O)c1cc(C[C@H](C)OCc2ccccc2)n(-c2ccc(Cl)cc2Cl)c1C. The zero-order valence-corrected chi connectivity index (χ0v) is 18.8. The van der Waals surface area contributed by atoms with Gasteiger partial charge in [-0.2, -0.15) is 0 Å². The van der Waals surface area contributed by atoms with Crippen molar-refractivity contribution in [3.8, 4) is 5.69 Å². The van der Waals surface area contributed by atoms with Gasteiger partial charge in [0.2, 0.25) is 0 Å². The molecule has 0 amide bonds. The summed E-state index contributed by atoms with van der Waals surface area (Å²) in [7, 11) is 0. The van der Waals surface area contributed by atoms with Crippen molar-refractivity contribution < 1.29 is 14.3 Å². The highest BCUT2D eigenvalue weighted by molar-refractivity contribution is 6.35. The number of ether oxygens (including phenoxy) is 2. The van der Waals surface area contributed by atoms with Crippen LogP contribution in [0.4, 0.5) is 0 Å². The zero-order valence-electron chi connectivity index (χ0n) is 17.3. The molecular weight excluding hydrogens is 421 g/mol. The van der Waals surface area contributed by atoms with Gasteiger partial charge in [0.05, 0.1) is 35.6 Å². The quantitative estimate of drug-likeness (QED) is 0.375. The molecule has 0 bridgehead atoms. The lowest BCUT2D eigenvalue weighted by atomic mass is 10.2. The van der Waals surface area contributed by atoms with Crippen LogP contribution in [0.5, 0.6) is 0 Å². The van der Waals surface area contributed by atoms with Gasteiger partial charge in [0, 0.05) is 22.8 Å². The Labute approximate surface area is 187 Å². The Balaban J connectivity index is 1.91. The maximum Gasteiger partial charge on any atom is 0.339 e. The van der Waals surface area contributed by atoms with Crippen LogP contribution in [0, 0.1) is 6.92 Å². The number of carbonyl (C=O) groups is 1. The van der Waals surface area contributed by atoms with Gasteiger partial charge in [-0.25, -0.2) is 4.79 Å². The van der Waals surface area contributed by atoms with E-state index in [2.05, 4.69) is 0 Å². The van der Waals surface area contributed by atoms with E-state index in [1.54, 1.807) is 19.1 Å². The molecule has 0 aliphatic heterocycles. The van der Waals surface area contributed by atoms with E-state index in [4.69, 9.17) is 32.7 Å². The van der Waals surface area contributed by atoms with Crippen molar-refractivity contribution >= 4 is 29.2 Å². The number of benzene rings is 2. The lowest BCUT2D eigenvalue weighted by Gasteiger charge is -2.17. The topological polar surface area (TPSA) is 40.5 Å². The van der Waals surface area contributed by atoms with Crippen LogP contribution in [0.25, 0.3) is 5.69 Å². The highest BCUT2D eigenvalue weighted by Crippen LogP contribution is 2.30. The third-order valence-corrected chi connectivity index (χ3v) is 5.38. The summed E-state index contributed by atoms with van der Waals surface area (Å²) < 4.78 is 13.3. The summed E-state index contributed by atoms with van der Waals surface area (Å²) in [6, 6.07) is 17.2. The second-order valence-electron chi connectivity index (χ2n) is 7.10. The van der Waals surface area contributed by atoms with Crippen LogP contribution >= 0.6 is 23.2 Å². The number of hydrogen-bond acceptors (Lipinski definition) is 3. The monoisotopic (exact) mass is 445 g/mol. The highest BCUT2D eigenvalue weighted by Gasteiger charge is 2.22. The van der Waals surface area contributed by atoms with E-state index < -0.39 is 0 Å². The van der Waals surface area contributed by atoms with Gasteiger partial charge in [-0.05, 0) is 50.6 Å². The smallest absolute Gasteiger partial charge is 0.339 e. The zero-order chi connectivity index (χ0) is 21.7. The molecule has 0 radical (unpaired) electrons. The summed E-state index contributed by atoms with van der Waals surface area (Å²) in [6.45, 7) is 6.53. The Morgan fingerprint density at radius 2 is 1.83 bits per heavy atom. The molecule has 4 nitrogen and oxygen atoms in total. The van der Waals surface area contributed by atoms with Crippen LogP contribution in [0.1, 0.15) is 41.2 Å². The molecule has 1 aromatic heterocycles. The van der Waals surface area contributed by atoms with E-state index in [0.29, 0.717) is 35.2 Å². The Bertz CT molecular complexity index is 1010. The third kappa shape index (κ3) is 5.25. The maximum atomic E-state index is 12.5. The van der Waals surface area contributed by atoms with Gasteiger partial charge >= 0.3 is 5.97 Å². The van der Waals surface area contributed by atoms with E-state index in [1.807, 2.05) is 60.9 Å².